The molecule has 0 fully saturated rings. The average Bonchev–Trinajstić information content (AvgIpc) is 3.37. The highest BCUT2D eigenvalue weighted by molar-refractivity contribution is 6.03. The Morgan fingerprint density at radius 1 is 1.10 bits per heavy atom. The molecule has 0 aliphatic heterocycles. The van der Waals surface area contributed by atoms with Crippen molar-refractivity contribution in [1.29, 1.82) is 0 Å². The number of nitrogens with one attached hydrogen (secondary N) is 1. The van der Waals surface area contributed by atoms with Crippen molar-refractivity contribution in [2.45, 2.75) is 13.8 Å². The summed E-state index contributed by atoms with van der Waals surface area (Å²) in [6, 6.07) is 14.5. The average molecular weight is 389 g/mol. The third-order valence-corrected chi connectivity index (χ3v) is 4.37. The van der Waals surface area contributed by atoms with Crippen molar-refractivity contribution in [2.24, 2.45) is 0 Å². The van der Waals surface area contributed by atoms with Crippen LogP contribution >= 0.6 is 0 Å². The maximum absolute atomic E-state index is 12.6. The van der Waals surface area contributed by atoms with Crippen LogP contribution < -0.4 is 5.32 Å². The van der Waals surface area contributed by atoms with Crippen LogP contribution in [0.1, 0.15) is 33.6 Å². The minimum absolute atomic E-state index is 0.223. The number of aryl methyl sites for hydroxylation is 1. The van der Waals surface area contributed by atoms with E-state index >= 15 is 0 Å². The van der Waals surface area contributed by atoms with E-state index in [2.05, 4.69) is 15.4 Å². The van der Waals surface area contributed by atoms with Gasteiger partial charge in [0, 0.05) is 23.8 Å². The van der Waals surface area contributed by atoms with Crippen molar-refractivity contribution >= 4 is 23.2 Å². The van der Waals surface area contributed by atoms with Crippen molar-refractivity contribution in [3.63, 3.8) is 0 Å². The lowest BCUT2D eigenvalue weighted by Gasteiger charge is -2.06. The van der Waals surface area contributed by atoms with Crippen LogP contribution in [0, 0.1) is 6.92 Å². The highest BCUT2D eigenvalue weighted by Gasteiger charge is 2.14. The van der Waals surface area contributed by atoms with Gasteiger partial charge in [0.25, 0.3) is 5.91 Å². The van der Waals surface area contributed by atoms with E-state index in [0.29, 0.717) is 22.7 Å². The van der Waals surface area contributed by atoms with E-state index in [0.717, 1.165) is 5.69 Å². The summed E-state index contributed by atoms with van der Waals surface area (Å²) in [5.41, 5.74) is 3.55. The highest BCUT2D eigenvalue weighted by Crippen LogP contribution is 2.16. The van der Waals surface area contributed by atoms with Crippen molar-refractivity contribution in [1.82, 2.24) is 19.2 Å². The minimum Gasteiger partial charge on any atom is -0.461 e. The second kappa shape index (κ2) is 7.59. The van der Waals surface area contributed by atoms with E-state index < -0.39 is 5.97 Å². The molecule has 29 heavy (non-hydrogen) atoms. The lowest BCUT2D eigenvalue weighted by molar-refractivity contribution is 0.0519. The van der Waals surface area contributed by atoms with Crippen molar-refractivity contribution in [3.8, 4) is 5.69 Å². The van der Waals surface area contributed by atoms with Crippen molar-refractivity contribution in [2.75, 3.05) is 11.9 Å². The van der Waals surface area contributed by atoms with Gasteiger partial charge in [-0.1, -0.05) is 12.1 Å². The Bertz CT molecular complexity index is 1210. The van der Waals surface area contributed by atoms with Crippen LogP contribution in [0.2, 0.25) is 0 Å². The second-order valence-corrected chi connectivity index (χ2v) is 6.39. The molecule has 0 saturated heterocycles. The molecule has 0 unspecified atom stereocenters. The summed E-state index contributed by atoms with van der Waals surface area (Å²) in [6.45, 7) is 3.98. The van der Waals surface area contributed by atoms with Gasteiger partial charge in [0.05, 0.1) is 12.3 Å². The van der Waals surface area contributed by atoms with E-state index in [-0.39, 0.29) is 18.2 Å². The zero-order valence-corrected chi connectivity index (χ0v) is 16.0. The molecule has 3 heterocycles. The number of pyridine rings is 1. The molecular formula is C21H19N5O3. The fourth-order valence-corrected chi connectivity index (χ4v) is 2.96. The van der Waals surface area contributed by atoms with Crippen LogP contribution in [0.4, 0.5) is 5.69 Å². The van der Waals surface area contributed by atoms with Gasteiger partial charge in [0.15, 0.2) is 5.69 Å². The van der Waals surface area contributed by atoms with Crippen LogP contribution in [-0.2, 0) is 4.74 Å². The zero-order valence-electron chi connectivity index (χ0n) is 16.0. The summed E-state index contributed by atoms with van der Waals surface area (Å²) in [5, 5.41) is 7.08. The van der Waals surface area contributed by atoms with Gasteiger partial charge in [0.2, 0.25) is 0 Å². The van der Waals surface area contributed by atoms with E-state index in [1.807, 2.05) is 35.6 Å². The number of ether oxygens (including phenoxy) is 1. The summed E-state index contributed by atoms with van der Waals surface area (Å²) in [7, 11) is 0. The number of hydrogen-bond acceptors (Lipinski definition) is 5. The predicted octanol–water partition coefficient (Wildman–Crippen LogP) is 3.26. The Kier molecular flexibility index (Phi) is 4.82. The lowest BCUT2D eigenvalue weighted by Crippen LogP contribution is -2.12. The van der Waals surface area contributed by atoms with E-state index in [1.54, 1.807) is 48.3 Å². The first-order valence-electron chi connectivity index (χ1n) is 9.14. The number of imidazole rings is 1. The largest absolute Gasteiger partial charge is 0.461 e. The molecule has 0 bridgehead atoms. The predicted molar refractivity (Wildman–Crippen MR) is 107 cm³/mol. The third kappa shape index (κ3) is 3.73. The first-order valence-corrected chi connectivity index (χ1v) is 9.14. The summed E-state index contributed by atoms with van der Waals surface area (Å²) < 4.78 is 8.37. The number of aromatic nitrogens is 4. The van der Waals surface area contributed by atoms with Crippen LogP contribution in [0.5, 0.6) is 0 Å². The summed E-state index contributed by atoms with van der Waals surface area (Å²) >= 11 is 0. The van der Waals surface area contributed by atoms with Gasteiger partial charge in [-0.3, -0.25) is 4.79 Å². The number of rotatable bonds is 5. The number of amides is 1. The molecule has 8 nitrogen and oxygen atoms in total. The number of fused-ring (bicyclic) bond motifs is 1. The number of nitrogens with zero attached hydrogens (tertiary/aromatic N) is 4. The fraction of sp³-hybridized carbons (Fsp3) is 0.143. The monoisotopic (exact) mass is 389 g/mol. The van der Waals surface area contributed by atoms with E-state index in [4.69, 9.17) is 4.74 Å². The Morgan fingerprint density at radius 3 is 2.72 bits per heavy atom. The molecule has 4 rings (SSSR count). The lowest BCUT2D eigenvalue weighted by atomic mass is 10.2. The first kappa shape index (κ1) is 18.4. The number of benzene rings is 1. The normalized spacial score (nSPS) is 10.8. The molecule has 1 aromatic carbocycles. The van der Waals surface area contributed by atoms with Crippen LogP contribution in [0.3, 0.4) is 0 Å². The standard InChI is InChI=1S/C21H19N5O3/c1-3-29-21(28)17-10-11-26(24-17)16-8-5-7-15(12-16)22-20(27)18-13-25-14(2)6-4-9-19(25)23-18/h4-13H,3H2,1-2H3,(H,22,27). The van der Waals surface area contributed by atoms with E-state index in [1.165, 1.54) is 0 Å². The first-order chi connectivity index (χ1) is 14.0. The molecule has 0 aliphatic carbocycles. The van der Waals surface area contributed by atoms with Gasteiger partial charge in [0.1, 0.15) is 11.3 Å². The van der Waals surface area contributed by atoms with Crippen LogP contribution in [-0.4, -0.2) is 37.6 Å². The molecule has 4 aromatic rings. The van der Waals surface area contributed by atoms with Crippen LogP contribution in [0.25, 0.3) is 11.3 Å². The van der Waals surface area contributed by atoms with E-state index in [9.17, 15) is 9.59 Å². The quantitative estimate of drug-likeness (QED) is 0.529. The molecule has 0 atom stereocenters. The summed E-state index contributed by atoms with van der Waals surface area (Å²) in [5.74, 6) is -0.782. The van der Waals surface area contributed by atoms with Gasteiger partial charge in [-0.25, -0.2) is 14.5 Å². The molecule has 0 saturated carbocycles. The fourth-order valence-electron chi connectivity index (χ4n) is 2.96. The molecule has 1 N–H and O–H groups in total. The second-order valence-electron chi connectivity index (χ2n) is 6.39. The molecular weight excluding hydrogens is 370 g/mol. The number of hydrogen-bond donors (Lipinski definition) is 1. The number of anilines is 1. The molecule has 146 valence electrons. The topological polar surface area (TPSA) is 90.5 Å². The van der Waals surface area contributed by atoms with Crippen LogP contribution in [0.15, 0.2) is 60.9 Å². The van der Waals surface area contributed by atoms with Crippen molar-refractivity contribution < 1.29 is 14.3 Å². The maximum atomic E-state index is 12.6. The Balaban J connectivity index is 1.55. The molecule has 0 spiro atoms. The smallest absolute Gasteiger partial charge is 0.358 e. The van der Waals surface area contributed by atoms with Crippen molar-refractivity contribution in [3.05, 3.63) is 78.0 Å². The zero-order chi connectivity index (χ0) is 20.4. The Morgan fingerprint density at radius 2 is 1.93 bits per heavy atom. The molecule has 3 aromatic heterocycles. The molecule has 0 aliphatic rings. The van der Waals surface area contributed by atoms with Gasteiger partial charge in [-0.15, -0.1) is 0 Å². The Hall–Kier alpha value is -3.94. The van der Waals surface area contributed by atoms with Gasteiger partial charge in [-0.05, 0) is 50.2 Å². The molecule has 8 heteroatoms. The maximum Gasteiger partial charge on any atom is 0.358 e. The highest BCUT2D eigenvalue weighted by atomic mass is 16.5. The summed E-state index contributed by atoms with van der Waals surface area (Å²) in [4.78, 5) is 28.8. The van der Waals surface area contributed by atoms with Gasteiger partial charge in [-0.2, -0.15) is 5.10 Å². The number of carbonyl (C=O) groups excluding carboxylic acids is 2. The summed E-state index contributed by atoms with van der Waals surface area (Å²) in [6.07, 6.45) is 3.38. The van der Waals surface area contributed by atoms with Gasteiger partial charge < -0.3 is 14.5 Å². The third-order valence-electron chi connectivity index (χ3n) is 4.37. The number of esters is 1. The SMILES string of the molecule is CCOC(=O)c1ccn(-c2cccc(NC(=O)c3cn4c(C)cccc4n3)c2)n1. The Labute approximate surface area is 166 Å². The van der Waals surface area contributed by atoms with Gasteiger partial charge >= 0.3 is 5.97 Å². The number of carbonyl (C=O) groups is 2. The minimum atomic E-state index is -0.474. The molecule has 1 amide bonds. The molecule has 0 radical (unpaired) electrons.